The molecule has 1 aliphatic heterocycles. The van der Waals surface area contributed by atoms with Crippen LogP contribution in [0.1, 0.15) is 28.6 Å². The lowest BCUT2D eigenvalue weighted by molar-refractivity contribution is 0.0627. The molecule has 0 bridgehead atoms. The van der Waals surface area contributed by atoms with Crippen LogP contribution in [0.25, 0.3) is 0 Å². The van der Waals surface area contributed by atoms with E-state index in [0.29, 0.717) is 24.5 Å². The molecule has 0 atom stereocenters. The largest absolute Gasteiger partial charge is 0.494 e. The topological polar surface area (TPSA) is 71.9 Å². The maximum Gasteiger partial charge on any atom is 0.257 e. The average molecular weight is 416 g/mol. The first-order chi connectivity index (χ1) is 12.2. The monoisotopic (exact) mass is 415 g/mol. The van der Waals surface area contributed by atoms with E-state index >= 15 is 0 Å². The Morgan fingerprint density at radius 3 is 2.37 bits per heavy atom. The van der Waals surface area contributed by atoms with Gasteiger partial charge in [-0.05, 0) is 30.7 Å². The lowest BCUT2D eigenvalue weighted by Gasteiger charge is -2.34. The van der Waals surface area contributed by atoms with Crippen LogP contribution in [0.4, 0.5) is 0 Å². The SMILES string of the molecule is CCOc1ccc(CN2CCN(C(=O)c3coc(CN)c3)CC2)cc1.Cl.Cl. The molecule has 1 aliphatic rings. The summed E-state index contributed by atoms with van der Waals surface area (Å²) in [6.45, 7) is 7.02. The molecule has 6 nitrogen and oxygen atoms in total. The Balaban J connectivity index is 0.00000182. The normalized spacial score (nSPS) is 14.2. The lowest BCUT2D eigenvalue weighted by atomic mass is 10.2. The van der Waals surface area contributed by atoms with Crippen molar-refractivity contribution in [2.75, 3.05) is 32.8 Å². The molecule has 1 aromatic heterocycles. The van der Waals surface area contributed by atoms with Crippen molar-refractivity contribution in [2.24, 2.45) is 5.73 Å². The van der Waals surface area contributed by atoms with Gasteiger partial charge in [-0.2, -0.15) is 0 Å². The third-order valence-corrected chi connectivity index (χ3v) is 4.40. The van der Waals surface area contributed by atoms with Crippen LogP contribution < -0.4 is 10.5 Å². The van der Waals surface area contributed by atoms with Crippen molar-refractivity contribution < 1.29 is 13.9 Å². The number of piperazine rings is 1. The maximum atomic E-state index is 12.5. The molecule has 27 heavy (non-hydrogen) atoms. The van der Waals surface area contributed by atoms with Crippen LogP contribution in [-0.4, -0.2) is 48.5 Å². The fourth-order valence-electron chi connectivity index (χ4n) is 3.01. The predicted octanol–water partition coefficient (Wildman–Crippen LogP) is 2.94. The second-order valence-corrected chi connectivity index (χ2v) is 6.15. The van der Waals surface area contributed by atoms with Crippen LogP contribution in [0.2, 0.25) is 0 Å². The molecule has 150 valence electrons. The van der Waals surface area contributed by atoms with Crippen LogP contribution in [-0.2, 0) is 13.1 Å². The molecule has 0 saturated carbocycles. The number of furan rings is 1. The average Bonchev–Trinajstić information content (AvgIpc) is 3.13. The van der Waals surface area contributed by atoms with E-state index in [4.69, 9.17) is 14.9 Å². The zero-order valence-electron chi connectivity index (χ0n) is 15.4. The van der Waals surface area contributed by atoms with Crippen molar-refractivity contribution in [3.8, 4) is 5.75 Å². The molecule has 2 aromatic rings. The van der Waals surface area contributed by atoms with E-state index in [2.05, 4.69) is 17.0 Å². The summed E-state index contributed by atoms with van der Waals surface area (Å²) >= 11 is 0. The number of nitrogens with two attached hydrogens (primary N) is 1. The molecule has 1 amide bonds. The molecule has 1 fully saturated rings. The number of benzene rings is 1. The molecule has 1 aromatic carbocycles. The molecular formula is C19H27Cl2N3O3. The number of ether oxygens (including phenoxy) is 1. The Labute approximate surface area is 172 Å². The molecule has 2 heterocycles. The minimum Gasteiger partial charge on any atom is -0.494 e. The van der Waals surface area contributed by atoms with Crippen molar-refractivity contribution in [3.05, 3.63) is 53.5 Å². The summed E-state index contributed by atoms with van der Waals surface area (Å²) in [7, 11) is 0. The van der Waals surface area contributed by atoms with Crippen molar-refractivity contribution in [1.29, 1.82) is 0 Å². The molecular weight excluding hydrogens is 389 g/mol. The number of carbonyl (C=O) groups excluding carboxylic acids is 1. The van der Waals surface area contributed by atoms with Gasteiger partial charge in [-0.15, -0.1) is 24.8 Å². The van der Waals surface area contributed by atoms with Crippen molar-refractivity contribution in [1.82, 2.24) is 9.80 Å². The van der Waals surface area contributed by atoms with Gasteiger partial charge in [0.15, 0.2) is 0 Å². The minimum atomic E-state index is 0. The van der Waals surface area contributed by atoms with Gasteiger partial charge in [-0.1, -0.05) is 12.1 Å². The number of carbonyl (C=O) groups is 1. The molecule has 3 rings (SSSR count). The van der Waals surface area contributed by atoms with Crippen LogP contribution in [0.3, 0.4) is 0 Å². The molecule has 1 saturated heterocycles. The highest BCUT2D eigenvalue weighted by Gasteiger charge is 2.23. The predicted molar refractivity (Wildman–Crippen MR) is 110 cm³/mol. The van der Waals surface area contributed by atoms with E-state index in [1.807, 2.05) is 24.0 Å². The number of halogens is 2. The number of nitrogens with zero attached hydrogens (tertiary/aromatic N) is 2. The minimum absolute atomic E-state index is 0. The standard InChI is InChI=1S/C19H25N3O3.2ClH/c1-2-24-17-5-3-15(4-6-17)13-21-7-9-22(10-8-21)19(23)16-11-18(12-20)25-14-16;;/h3-6,11,14H,2,7-10,12-13,20H2,1H3;2*1H. The second-order valence-electron chi connectivity index (χ2n) is 6.15. The highest BCUT2D eigenvalue weighted by molar-refractivity contribution is 5.94. The highest BCUT2D eigenvalue weighted by atomic mass is 35.5. The summed E-state index contributed by atoms with van der Waals surface area (Å²) in [5.41, 5.74) is 7.37. The Bertz CT molecular complexity index is 698. The number of rotatable bonds is 6. The first-order valence-electron chi connectivity index (χ1n) is 8.70. The summed E-state index contributed by atoms with van der Waals surface area (Å²) in [5, 5.41) is 0. The van der Waals surface area contributed by atoms with Gasteiger partial charge in [-0.3, -0.25) is 9.69 Å². The first-order valence-corrected chi connectivity index (χ1v) is 8.70. The summed E-state index contributed by atoms with van der Waals surface area (Å²) < 4.78 is 10.7. The smallest absolute Gasteiger partial charge is 0.257 e. The van der Waals surface area contributed by atoms with E-state index in [-0.39, 0.29) is 30.7 Å². The maximum absolute atomic E-state index is 12.5. The zero-order chi connectivity index (χ0) is 17.6. The van der Waals surface area contributed by atoms with Crippen LogP contribution in [0.15, 0.2) is 41.0 Å². The quantitative estimate of drug-likeness (QED) is 0.784. The van der Waals surface area contributed by atoms with Gasteiger partial charge in [-0.25, -0.2) is 0 Å². The number of hydrogen-bond donors (Lipinski definition) is 1. The van der Waals surface area contributed by atoms with E-state index in [1.165, 1.54) is 11.8 Å². The molecule has 0 radical (unpaired) electrons. The molecule has 0 spiro atoms. The van der Waals surface area contributed by atoms with Crippen LogP contribution in [0.5, 0.6) is 5.75 Å². The molecule has 0 unspecified atom stereocenters. The van der Waals surface area contributed by atoms with Crippen molar-refractivity contribution in [2.45, 2.75) is 20.0 Å². The summed E-state index contributed by atoms with van der Waals surface area (Å²) in [6, 6.07) is 9.94. The Hall–Kier alpha value is -1.73. The Kier molecular flexibility index (Phi) is 9.66. The Morgan fingerprint density at radius 1 is 1.15 bits per heavy atom. The number of hydrogen-bond acceptors (Lipinski definition) is 5. The van der Waals surface area contributed by atoms with E-state index in [0.717, 1.165) is 38.5 Å². The van der Waals surface area contributed by atoms with Gasteiger partial charge < -0.3 is 19.8 Å². The van der Waals surface area contributed by atoms with E-state index < -0.39 is 0 Å². The third kappa shape index (κ3) is 6.14. The van der Waals surface area contributed by atoms with Gasteiger partial charge in [0.2, 0.25) is 0 Å². The summed E-state index contributed by atoms with van der Waals surface area (Å²) in [5.74, 6) is 1.56. The van der Waals surface area contributed by atoms with Gasteiger partial charge >= 0.3 is 0 Å². The van der Waals surface area contributed by atoms with Crippen LogP contribution in [0, 0.1) is 0 Å². The van der Waals surface area contributed by atoms with E-state index in [1.54, 1.807) is 6.07 Å². The lowest BCUT2D eigenvalue weighted by Crippen LogP contribution is -2.48. The molecule has 8 heteroatoms. The van der Waals surface area contributed by atoms with Gasteiger partial charge in [0, 0.05) is 32.7 Å². The fraction of sp³-hybridized carbons (Fsp3) is 0.421. The van der Waals surface area contributed by atoms with Crippen LogP contribution >= 0.6 is 24.8 Å². The summed E-state index contributed by atoms with van der Waals surface area (Å²) in [6.07, 6.45) is 1.50. The van der Waals surface area contributed by atoms with Crippen molar-refractivity contribution >= 4 is 30.7 Å². The van der Waals surface area contributed by atoms with Gasteiger partial charge in [0.25, 0.3) is 5.91 Å². The third-order valence-electron chi connectivity index (χ3n) is 4.40. The molecule has 0 aliphatic carbocycles. The Morgan fingerprint density at radius 2 is 1.81 bits per heavy atom. The highest BCUT2D eigenvalue weighted by Crippen LogP contribution is 2.16. The zero-order valence-corrected chi connectivity index (χ0v) is 17.1. The fourth-order valence-corrected chi connectivity index (χ4v) is 3.01. The second kappa shape index (κ2) is 11.2. The number of amides is 1. The first kappa shape index (κ1) is 23.3. The summed E-state index contributed by atoms with van der Waals surface area (Å²) in [4.78, 5) is 16.7. The van der Waals surface area contributed by atoms with Gasteiger partial charge in [0.05, 0.1) is 18.7 Å². The van der Waals surface area contributed by atoms with E-state index in [9.17, 15) is 4.79 Å². The van der Waals surface area contributed by atoms with Crippen molar-refractivity contribution in [3.63, 3.8) is 0 Å². The van der Waals surface area contributed by atoms with Gasteiger partial charge in [0.1, 0.15) is 17.8 Å². The molecule has 2 N–H and O–H groups in total.